The first-order valence-electron chi connectivity index (χ1n) is 5.59. The summed E-state index contributed by atoms with van der Waals surface area (Å²) in [6.07, 6.45) is -0.302. The summed E-state index contributed by atoms with van der Waals surface area (Å²) in [6, 6.07) is 2.49. The minimum absolute atomic E-state index is 0.0209. The molecule has 18 heavy (non-hydrogen) atoms. The predicted octanol–water partition coefficient (Wildman–Crippen LogP) is 0.844. The first-order chi connectivity index (χ1) is 8.58. The van der Waals surface area contributed by atoms with Crippen LogP contribution in [0.2, 0.25) is 0 Å². The van der Waals surface area contributed by atoms with Crippen LogP contribution >= 0.6 is 0 Å². The number of hydrogen-bond donors (Lipinski definition) is 2. The van der Waals surface area contributed by atoms with Gasteiger partial charge < -0.3 is 15.2 Å². The van der Waals surface area contributed by atoms with Crippen molar-refractivity contribution >= 4 is 5.91 Å². The molecule has 2 atom stereocenters. The lowest BCUT2D eigenvalue weighted by molar-refractivity contribution is -0.0260. The highest BCUT2D eigenvalue weighted by Gasteiger charge is 2.25. The van der Waals surface area contributed by atoms with Crippen molar-refractivity contribution in [3.63, 3.8) is 0 Å². The van der Waals surface area contributed by atoms with Crippen molar-refractivity contribution in [1.29, 1.82) is 0 Å². The maximum absolute atomic E-state index is 13.0. The summed E-state index contributed by atoms with van der Waals surface area (Å²) in [6.45, 7) is 0.600. The molecule has 4 nitrogen and oxygen atoms in total. The molecular formula is C12H13F2NO3. The summed E-state index contributed by atoms with van der Waals surface area (Å²) in [5.41, 5.74) is 0.0209. The van der Waals surface area contributed by atoms with Crippen molar-refractivity contribution in [3.8, 4) is 0 Å². The Bertz CT molecular complexity index is 453. The lowest BCUT2D eigenvalue weighted by Gasteiger charge is -2.28. The predicted molar refractivity (Wildman–Crippen MR) is 59.1 cm³/mol. The van der Waals surface area contributed by atoms with Crippen LogP contribution in [0, 0.1) is 11.6 Å². The number of nitrogens with one attached hydrogen (secondary N) is 1. The van der Waals surface area contributed by atoms with Gasteiger partial charge in [0, 0.05) is 12.2 Å². The van der Waals surface area contributed by atoms with Gasteiger partial charge in [-0.05, 0) is 24.6 Å². The molecule has 6 heteroatoms. The molecule has 1 aliphatic heterocycles. The van der Waals surface area contributed by atoms with Crippen molar-refractivity contribution in [1.82, 2.24) is 5.32 Å². The first kappa shape index (κ1) is 12.9. The van der Waals surface area contributed by atoms with Crippen LogP contribution < -0.4 is 5.32 Å². The second-order valence-electron chi connectivity index (χ2n) is 4.14. The number of halogens is 2. The standard InChI is InChI=1S/C12H13F2NO3/c13-8-2-1-7(5-9(8)14)12(17)15-10-3-4-18-6-11(10)16/h1-2,5,10-11,16H,3-4,6H2,(H,15,17)/t10-,11-/m1/s1. The van der Waals surface area contributed by atoms with Gasteiger partial charge >= 0.3 is 0 Å². The van der Waals surface area contributed by atoms with Crippen LogP contribution in [0.5, 0.6) is 0 Å². The van der Waals surface area contributed by atoms with Crippen molar-refractivity contribution < 1.29 is 23.4 Å². The maximum Gasteiger partial charge on any atom is 0.251 e. The van der Waals surface area contributed by atoms with Gasteiger partial charge in [-0.25, -0.2) is 8.78 Å². The lowest BCUT2D eigenvalue weighted by atomic mass is 10.1. The van der Waals surface area contributed by atoms with Crippen LogP contribution in [0.25, 0.3) is 0 Å². The van der Waals surface area contributed by atoms with Gasteiger partial charge in [-0.3, -0.25) is 4.79 Å². The Morgan fingerprint density at radius 2 is 2.17 bits per heavy atom. The van der Waals surface area contributed by atoms with Crippen LogP contribution in [-0.2, 0) is 4.74 Å². The van der Waals surface area contributed by atoms with E-state index in [9.17, 15) is 18.7 Å². The summed E-state index contributed by atoms with van der Waals surface area (Å²) in [7, 11) is 0. The maximum atomic E-state index is 13.0. The summed E-state index contributed by atoms with van der Waals surface area (Å²) in [5, 5.41) is 12.2. The molecule has 1 aliphatic rings. The molecule has 1 fully saturated rings. The largest absolute Gasteiger partial charge is 0.389 e. The van der Waals surface area contributed by atoms with Crippen LogP contribution in [0.3, 0.4) is 0 Å². The van der Waals surface area contributed by atoms with Gasteiger partial charge in [0.1, 0.15) is 0 Å². The quantitative estimate of drug-likeness (QED) is 0.825. The molecule has 1 amide bonds. The fourth-order valence-corrected chi connectivity index (χ4v) is 1.78. The molecule has 1 saturated heterocycles. The highest BCUT2D eigenvalue weighted by atomic mass is 19.2. The zero-order valence-corrected chi connectivity index (χ0v) is 9.53. The minimum atomic E-state index is -1.07. The number of hydrogen-bond acceptors (Lipinski definition) is 3. The molecule has 0 saturated carbocycles. The van der Waals surface area contributed by atoms with Crippen LogP contribution in [0.4, 0.5) is 8.78 Å². The van der Waals surface area contributed by atoms with E-state index in [1.165, 1.54) is 6.07 Å². The van der Waals surface area contributed by atoms with Gasteiger partial charge in [0.15, 0.2) is 11.6 Å². The van der Waals surface area contributed by atoms with Crippen molar-refractivity contribution in [2.45, 2.75) is 18.6 Å². The van der Waals surface area contributed by atoms with E-state index in [1.54, 1.807) is 0 Å². The Morgan fingerprint density at radius 1 is 1.39 bits per heavy atom. The highest BCUT2D eigenvalue weighted by Crippen LogP contribution is 2.11. The topological polar surface area (TPSA) is 58.6 Å². The number of benzene rings is 1. The summed E-state index contributed by atoms with van der Waals surface area (Å²) in [4.78, 5) is 11.8. The van der Waals surface area contributed by atoms with Crippen LogP contribution in [0.1, 0.15) is 16.8 Å². The highest BCUT2D eigenvalue weighted by molar-refractivity contribution is 5.94. The molecule has 1 aromatic rings. The third-order valence-corrected chi connectivity index (χ3v) is 2.82. The van der Waals surface area contributed by atoms with E-state index >= 15 is 0 Å². The number of carbonyl (C=O) groups excluding carboxylic acids is 1. The Kier molecular flexibility index (Phi) is 3.88. The third kappa shape index (κ3) is 2.83. The monoisotopic (exact) mass is 257 g/mol. The second-order valence-corrected chi connectivity index (χ2v) is 4.14. The van der Waals surface area contributed by atoms with Gasteiger partial charge in [-0.1, -0.05) is 0 Å². The van der Waals surface area contributed by atoms with Crippen molar-refractivity contribution in [2.24, 2.45) is 0 Å². The minimum Gasteiger partial charge on any atom is -0.389 e. The Balaban J connectivity index is 2.04. The molecule has 0 spiro atoms. The number of rotatable bonds is 2. The first-order valence-corrected chi connectivity index (χ1v) is 5.59. The molecule has 0 unspecified atom stereocenters. The Hall–Kier alpha value is -1.53. The summed E-state index contributed by atoms with van der Waals surface area (Å²) in [5.74, 6) is -2.62. The molecule has 0 radical (unpaired) electrons. The second kappa shape index (κ2) is 5.41. The molecule has 1 heterocycles. The molecule has 2 N–H and O–H groups in total. The normalized spacial score (nSPS) is 23.7. The molecule has 0 aromatic heterocycles. The SMILES string of the molecule is O=C(N[C@@H]1CCOC[C@H]1O)c1ccc(F)c(F)c1. The number of aliphatic hydroxyl groups excluding tert-OH is 1. The summed E-state index contributed by atoms with van der Waals surface area (Å²) >= 11 is 0. The molecule has 2 rings (SSSR count). The van der Waals surface area contributed by atoms with E-state index in [-0.39, 0.29) is 12.2 Å². The van der Waals surface area contributed by atoms with Crippen molar-refractivity contribution in [2.75, 3.05) is 13.2 Å². The zero-order chi connectivity index (χ0) is 13.1. The van der Waals surface area contributed by atoms with E-state index in [0.717, 1.165) is 12.1 Å². The number of amides is 1. The number of ether oxygens (including phenoxy) is 1. The average Bonchev–Trinajstić information content (AvgIpc) is 2.35. The summed E-state index contributed by atoms with van der Waals surface area (Å²) < 4.78 is 30.7. The average molecular weight is 257 g/mol. The van der Waals surface area contributed by atoms with E-state index < -0.39 is 29.7 Å². The van der Waals surface area contributed by atoms with Crippen LogP contribution in [0.15, 0.2) is 18.2 Å². The number of aliphatic hydroxyl groups is 1. The Labute approximate surface area is 103 Å². The third-order valence-electron chi connectivity index (χ3n) is 2.82. The molecule has 0 bridgehead atoms. The van der Waals surface area contributed by atoms with Crippen LogP contribution in [-0.4, -0.2) is 36.4 Å². The van der Waals surface area contributed by atoms with E-state index in [0.29, 0.717) is 13.0 Å². The molecule has 0 aliphatic carbocycles. The fraction of sp³-hybridized carbons (Fsp3) is 0.417. The number of carbonyl (C=O) groups is 1. The zero-order valence-electron chi connectivity index (χ0n) is 9.53. The lowest BCUT2D eigenvalue weighted by Crippen LogP contribution is -2.48. The molecule has 1 aromatic carbocycles. The molecule has 98 valence electrons. The van der Waals surface area contributed by atoms with E-state index in [2.05, 4.69) is 5.32 Å². The van der Waals surface area contributed by atoms with Gasteiger partial charge in [-0.2, -0.15) is 0 Å². The van der Waals surface area contributed by atoms with E-state index in [4.69, 9.17) is 4.74 Å². The van der Waals surface area contributed by atoms with Gasteiger partial charge in [0.05, 0.1) is 18.8 Å². The van der Waals surface area contributed by atoms with Gasteiger partial charge in [0.25, 0.3) is 5.91 Å². The van der Waals surface area contributed by atoms with Gasteiger partial charge in [0.2, 0.25) is 0 Å². The smallest absolute Gasteiger partial charge is 0.251 e. The fourth-order valence-electron chi connectivity index (χ4n) is 1.78. The van der Waals surface area contributed by atoms with Gasteiger partial charge in [-0.15, -0.1) is 0 Å². The Morgan fingerprint density at radius 3 is 2.83 bits per heavy atom. The van der Waals surface area contributed by atoms with E-state index in [1.807, 2.05) is 0 Å². The van der Waals surface area contributed by atoms with Crippen molar-refractivity contribution in [3.05, 3.63) is 35.4 Å². The molecular weight excluding hydrogens is 244 g/mol.